The van der Waals surface area contributed by atoms with Gasteiger partial charge < -0.3 is 10.0 Å². The van der Waals surface area contributed by atoms with E-state index in [0.717, 1.165) is 24.9 Å². The van der Waals surface area contributed by atoms with Crippen LogP contribution >= 0.6 is 0 Å². The van der Waals surface area contributed by atoms with Gasteiger partial charge in [-0.15, -0.1) is 0 Å². The predicted molar refractivity (Wildman–Crippen MR) is 71.9 cm³/mol. The lowest BCUT2D eigenvalue weighted by Crippen LogP contribution is -2.40. The van der Waals surface area contributed by atoms with Gasteiger partial charge in [-0.25, -0.2) is 0 Å². The zero-order chi connectivity index (χ0) is 12.8. The first-order valence-electron chi connectivity index (χ1n) is 6.42. The first-order chi connectivity index (χ1) is 8.79. The first-order valence-corrected chi connectivity index (χ1v) is 6.42. The average molecular weight is 245 g/mol. The lowest BCUT2D eigenvalue weighted by molar-refractivity contribution is -0.127. The van der Waals surface area contributed by atoms with Crippen molar-refractivity contribution in [2.75, 3.05) is 19.7 Å². The van der Waals surface area contributed by atoms with Gasteiger partial charge in [-0.1, -0.05) is 30.3 Å². The molecule has 2 rings (SSSR count). The van der Waals surface area contributed by atoms with E-state index in [1.807, 2.05) is 41.3 Å². The molecule has 1 amide bonds. The number of benzene rings is 1. The van der Waals surface area contributed by atoms with Gasteiger partial charge in [0.25, 0.3) is 0 Å². The van der Waals surface area contributed by atoms with Crippen LogP contribution < -0.4 is 0 Å². The quantitative estimate of drug-likeness (QED) is 0.827. The van der Waals surface area contributed by atoms with Gasteiger partial charge >= 0.3 is 0 Å². The Balaban J connectivity index is 1.93. The number of likely N-dealkylation sites (tertiary alicyclic amines) is 1. The summed E-state index contributed by atoms with van der Waals surface area (Å²) in [7, 11) is 0. The Kier molecular flexibility index (Phi) is 4.53. The molecule has 1 aliphatic heterocycles. The van der Waals surface area contributed by atoms with E-state index >= 15 is 0 Å². The fourth-order valence-corrected chi connectivity index (χ4v) is 2.25. The molecule has 1 fully saturated rings. The largest absolute Gasteiger partial charge is 0.396 e. The third-order valence-corrected chi connectivity index (χ3v) is 3.31. The van der Waals surface area contributed by atoms with E-state index in [-0.39, 0.29) is 18.4 Å². The van der Waals surface area contributed by atoms with Crippen molar-refractivity contribution in [3.05, 3.63) is 42.0 Å². The summed E-state index contributed by atoms with van der Waals surface area (Å²) in [4.78, 5) is 13.8. The number of carbonyl (C=O) groups is 1. The summed E-state index contributed by atoms with van der Waals surface area (Å²) in [5.74, 6) is 0.282. The molecule has 96 valence electrons. The molecule has 1 unspecified atom stereocenters. The zero-order valence-electron chi connectivity index (χ0n) is 10.5. The van der Waals surface area contributed by atoms with Gasteiger partial charge in [0.15, 0.2) is 0 Å². The molecule has 0 aromatic heterocycles. The van der Waals surface area contributed by atoms with Crippen LogP contribution in [0, 0.1) is 5.92 Å². The van der Waals surface area contributed by atoms with Gasteiger partial charge in [-0.2, -0.15) is 0 Å². The maximum Gasteiger partial charge on any atom is 0.246 e. The Morgan fingerprint density at radius 3 is 2.89 bits per heavy atom. The van der Waals surface area contributed by atoms with E-state index < -0.39 is 0 Å². The van der Waals surface area contributed by atoms with Crippen LogP contribution in [-0.4, -0.2) is 35.6 Å². The Hall–Kier alpha value is -1.61. The highest BCUT2D eigenvalue weighted by Gasteiger charge is 2.21. The number of aliphatic hydroxyl groups is 1. The SMILES string of the molecule is O=C(/C=C/c1ccccc1)N1CCCC(CO)C1. The molecule has 1 atom stereocenters. The van der Waals surface area contributed by atoms with E-state index in [1.165, 1.54) is 0 Å². The number of piperidine rings is 1. The van der Waals surface area contributed by atoms with E-state index in [1.54, 1.807) is 6.08 Å². The van der Waals surface area contributed by atoms with Crippen molar-refractivity contribution in [3.63, 3.8) is 0 Å². The van der Waals surface area contributed by atoms with Gasteiger partial charge in [0.2, 0.25) is 5.91 Å². The van der Waals surface area contributed by atoms with Crippen LogP contribution in [0.2, 0.25) is 0 Å². The maximum atomic E-state index is 12.0. The second-order valence-electron chi connectivity index (χ2n) is 4.72. The fraction of sp³-hybridized carbons (Fsp3) is 0.400. The van der Waals surface area contributed by atoms with Crippen molar-refractivity contribution in [2.45, 2.75) is 12.8 Å². The zero-order valence-corrected chi connectivity index (χ0v) is 10.5. The van der Waals surface area contributed by atoms with E-state index in [2.05, 4.69) is 0 Å². The summed E-state index contributed by atoms with van der Waals surface area (Å²) in [6, 6.07) is 9.79. The predicted octanol–water partition coefficient (Wildman–Crippen LogP) is 1.93. The van der Waals surface area contributed by atoms with Crippen LogP contribution in [0.25, 0.3) is 6.08 Å². The minimum Gasteiger partial charge on any atom is -0.396 e. The normalized spacial score (nSPS) is 20.3. The standard InChI is InChI=1S/C15H19NO2/c17-12-14-7-4-10-16(11-14)15(18)9-8-13-5-2-1-3-6-13/h1-3,5-6,8-9,14,17H,4,7,10-12H2/b9-8+. The summed E-state index contributed by atoms with van der Waals surface area (Å²) < 4.78 is 0. The highest BCUT2D eigenvalue weighted by molar-refractivity contribution is 5.91. The number of hydrogen-bond donors (Lipinski definition) is 1. The average Bonchev–Trinajstić information content (AvgIpc) is 2.46. The monoisotopic (exact) mass is 245 g/mol. The lowest BCUT2D eigenvalue weighted by Gasteiger charge is -2.31. The molecule has 1 aliphatic rings. The lowest BCUT2D eigenvalue weighted by atomic mass is 9.99. The molecule has 1 saturated heterocycles. The maximum absolute atomic E-state index is 12.0. The number of aliphatic hydroxyl groups excluding tert-OH is 1. The van der Waals surface area contributed by atoms with Crippen molar-refractivity contribution in [3.8, 4) is 0 Å². The van der Waals surface area contributed by atoms with E-state index in [9.17, 15) is 4.79 Å². The second-order valence-corrected chi connectivity index (χ2v) is 4.72. The molecule has 3 nitrogen and oxygen atoms in total. The highest BCUT2D eigenvalue weighted by atomic mass is 16.3. The summed E-state index contributed by atoms with van der Waals surface area (Å²) in [6.45, 7) is 1.65. The number of rotatable bonds is 3. The van der Waals surface area contributed by atoms with Gasteiger partial charge in [0.1, 0.15) is 0 Å². The highest BCUT2D eigenvalue weighted by Crippen LogP contribution is 2.16. The van der Waals surface area contributed by atoms with Crippen LogP contribution in [0.5, 0.6) is 0 Å². The van der Waals surface area contributed by atoms with Crippen LogP contribution in [0.3, 0.4) is 0 Å². The topological polar surface area (TPSA) is 40.5 Å². The van der Waals surface area contributed by atoms with Gasteiger partial charge in [-0.05, 0) is 30.4 Å². The van der Waals surface area contributed by atoms with Crippen molar-refractivity contribution in [1.82, 2.24) is 4.90 Å². The molecule has 0 bridgehead atoms. The Labute approximate surface area is 108 Å². The third kappa shape index (κ3) is 3.44. The molecule has 1 aromatic carbocycles. The molecule has 18 heavy (non-hydrogen) atoms. The van der Waals surface area contributed by atoms with Crippen molar-refractivity contribution < 1.29 is 9.90 Å². The molecule has 0 spiro atoms. The van der Waals surface area contributed by atoms with Crippen LogP contribution in [0.15, 0.2) is 36.4 Å². The second kappa shape index (κ2) is 6.36. The molecule has 0 radical (unpaired) electrons. The van der Waals surface area contributed by atoms with Gasteiger partial charge in [0.05, 0.1) is 0 Å². The summed E-state index contributed by atoms with van der Waals surface area (Å²) in [5, 5.41) is 9.14. The molecule has 1 aromatic rings. The summed E-state index contributed by atoms with van der Waals surface area (Å²) in [5.41, 5.74) is 1.03. The molecule has 3 heteroatoms. The van der Waals surface area contributed by atoms with Crippen LogP contribution in [0.4, 0.5) is 0 Å². The number of nitrogens with zero attached hydrogens (tertiary/aromatic N) is 1. The van der Waals surface area contributed by atoms with Crippen LogP contribution in [0.1, 0.15) is 18.4 Å². The molecule has 1 N–H and O–H groups in total. The molecule has 1 heterocycles. The Morgan fingerprint density at radius 2 is 2.17 bits per heavy atom. The number of amides is 1. The molecule has 0 saturated carbocycles. The summed E-state index contributed by atoms with van der Waals surface area (Å²) >= 11 is 0. The van der Waals surface area contributed by atoms with Crippen molar-refractivity contribution in [1.29, 1.82) is 0 Å². The first kappa shape index (κ1) is 12.8. The van der Waals surface area contributed by atoms with Gasteiger partial charge in [-0.3, -0.25) is 4.79 Å². The summed E-state index contributed by atoms with van der Waals surface area (Å²) in [6.07, 6.45) is 5.46. The molecule has 0 aliphatic carbocycles. The third-order valence-electron chi connectivity index (χ3n) is 3.31. The van der Waals surface area contributed by atoms with E-state index in [0.29, 0.717) is 6.54 Å². The van der Waals surface area contributed by atoms with E-state index in [4.69, 9.17) is 5.11 Å². The van der Waals surface area contributed by atoms with Crippen molar-refractivity contribution in [2.24, 2.45) is 5.92 Å². The Bertz CT molecular complexity index is 414. The molecular weight excluding hydrogens is 226 g/mol. The fourth-order valence-electron chi connectivity index (χ4n) is 2.25. The Morgan fingerprint density at radius 1 is 1.39 bits per heavy atom. The molecular formula is C15H19NO2. The number of carbonyl (C=O) groups excluding carboxylic acids is 1. The van der Waals surface area contributed by atoms with Crippen LogP contribution in [-0.2, 0) is 4.79 Å². The smallest absolute Gasteiger partial charge is 0.246 e. The number of hydrogen-bond acceptors (Lipinski definition) is 2. The minimum atomic E-state index is 0.0389. The van der Waals surface area contributed by atoms with Gasteiger partial charge in [0, 0.05) is 25.8 Å². The minimum absolute atomic E-state index is 0.0389. The van der Waals surface area contributed by atoms with Crippen molar-refractivity contribution >= 4 is 12.0 Å².